The zero-order chi connectivity index (χ0) is 18.3. The first-order valence-corrected chi connectivity index (χ1v) is 10.3. The van der Waals surface area contributed by atoms with Crippen LogP contribution < -0.4 is 5.73 Å². The van der Waals surface area contributed by atoms with Crippen molar-refractivity contribution in [2.45, 2.75) is 39.3 Å². The van der Waals surface area contributed by atoms with Crippen LogP contribution in [0.4, 0.5) is 0 Å². The molecule has 0 saturated carbocycles. The van der Waals surface area contributed by atoms with Gasteiger partial charge in [0, 0.05) is 29.6 Å². The summed E-state index contributed by atoms with van der Waals surface area (Å²) in [6, 6.07) is 1.84. The fourth-order valence-electron chi connectivity index (χ4n) is 3.30. The number of carbonyl (C=O) groups excluding carboxylic acids is 1. The topological polar surface area (TPSA) is 83.0 Å². The van der Waals surface area contributed by atoms with Crippen LogP contribution in [0, 0.1) is 13.8 Å². The number of aromatic nitrogens is 3. The molecule has 26 heavy (non-hydrogen) atoms. The standard InChI is InChI=1S/C18H20N4O2S2/c1-10-13(17(19)23)6-16(22(10)7-12-4-3-5-24-12)14-8-26-18(21-14)15-9-25-11(2)20-15/h6,8-9,12H,3-5,7H2,1-2H3,(H2,19,23). The van der Waals surface area contributed by atoms with Gasteiger partial charge < -0.3 is 15.0 Å². The van der Waals surface area contributed by atoms with Crippen molar-refractivity contribution in [3.05, 3.63) is 33.1 Å². The lowest BCUT2D eigenvalue weighted by atomic mass is 10.2. The van der Waals surface area contributed by atoms with Gasteiger partial charge in [0.05, 0.1) is 28.1 Å². The smallest absolute Gasteiger partial charge is 0.250 e. The first-order chi connectivity index (χ1) is 12.5. The number of ether oxygens (including phenoxy) is 1. The highest BCUT2D eigenvalue weighted by Crippen LogP contribution is 2.32. The molecule has 1 fully saturated rings. The third-order valence-corrected chi connectivity index (χ3v) is 6.29. The number of rotatable bonds is 5. The summed E-state index contributed by atoms with van der Waals surface area (Å²) in [7, 11) is 0. The maximum Gasteiger partial charge on any atom is 0.250 e. The average molecular weight is 389 g/mol. The highest BCUT2D eigenvalue weighted by atomic mass is 32.1. The fourth-order valence-corrected chi connectivity index (χ4v) is 4.75. The largest absolute Gasteiger partial charge is 0.376 e. The number of thiazole rings is 2. The van der Waals surface area contributed by atoms with Crippen molar-refractivity contribution in [1.29, 1.82) is 0 Å². The summed E-state index contributed by atoms with van der Waals surface area (Å²) in [5.74, 6) is -0.416. The molecule has 1 saturated heterocycles. The summed E-state index contributed by atoms with van der Waals surface area (Å²) >= 11 is 3.17. The second-order valence-electron chi connectivity index (χ2n) is 6.43. The molecule has 0 spiro atoms. The molecule has 1 unspecified atom stereocenters. The maximum absolute atomic E-state index is 11.8. The van der Waals surface area contributed by atoms with Crippen molar-refractivity contribution < 1.29 is 9.53 Å². The summed E-state index contributed by atoms with van der Waals surface area (Å²) in [6.45, 7) is 5.41. The molecule has 1 aliphatic rings. The predicted molar refractivity (Wildman–Crippen MR) is 104 cm³/mol. The number of carbonyl (C=O) groups is 1. The monoisotopic (exact) mass is 388 g/mol. The lowest BCUT2D eigenvalue weighted by Crippen LogP contribution is -2.18. The minimum Gasteiger partial charge on any atom is -0.376 e. The molecule has 4 heterocycles. The van der Waals surface area contributed by atoms with Crippen molar-refractivity contribution in [2.24, 2.45) is 5.73 Å². The van der Waals surface area contributed by atoms with Crippen LogP contribution in [0.1, 0.15) is 33.9 Å². The van der Waals surface area contributed by atoms with Gasteiger partial charge in [-0.15, -0.1) is 22.7 Å². The summed E-state index contributed by atoms with van der Waals surface area (Å²) in [5, 5.41) is 5.93. The quantitative estimate of drug-likeness (QED) is 0.723. The molecule has 1 atom stereocenters. The van der Waals surface area contributed by atoms with E-state index >= 15 is 0 Å². The third kappa shape index (κ3) is 3.20. The average Bonchev–Trinajstić information content (AvgIpc) is 3.36. The maximum atomic E-state index is 11.8. The van der Waals surface area contributed by atoms with Crippen molar-refractivity contribution >= 4 is 28.6 Å². The van der Waals surface area contributed by atoms with Crippen LogP contribution in [-0.4, -0.2) is 33.2 Å². The highest BCUT2D eigenvalue weighted by Gasteiger charge is 2.23. The Bertz CT molecular complexity index is 950. The van der Waals surface area contributed by atoms with Gasteiger partial charge in [-0.3, -0.25) is 4.79 Å². The molecule has 136 valence electrons. The van der Waals surface area contributed by atoms with Crippen molar-refractivity contribution in [1.82, 2.24) is 14.5 Å². The van der Waals surface area contributed by atoms with Gasteiger partial charge in [-0.25, -0.2) is 9.97 Å². The molecule has 1 amide bonds. The molecule has 0 aliphatic carbocycles. The van der Waals surface area contributed by atoms with E-state index in [0.717, 1.165) is 52.2 Å². The number of hydrogen-bond donors (Lipinski definition) is 1. The first-order valence-electron chi connectivity index (χ1n) is 8.53. The van der Waals surface area contributed by atoms with Crippen LogP contribution in [-0.2, 0) is 11.3 Å². The summed E-state index contributed by atoms with van der Waals surface area (Å²) < 4.78 is 7.90. The molecule has 4 rings (SSSR count). The number of amides is 1. The van der Waals surface area contributed by atoms with E-state index in [2.05, 4.69) is 9.55 Å². The van der Waals surface area contributed by atoms with E-state index in [4.69, 9.17) is 15.5 Å². The molecule has 0 bridgehead atoms. The lowest BCUT2D eigenvalue weighted by molar-refractivity contribution is 0.0961. The van der Waals surface area contributed by atoms with Gasteiger partial charge in [-0.2, -0.15) is 0 Å². The Balaban J connectivity index is 1.74. The van der Waals surface area contributed by atoms with E-state index in [1.54, 1.807) is 22.7 Å². The van der Waals surface area contributed by atoms with Gasteiger partial charge in [0.25, 0.3) is 5.91 Å². The molecule has 0 radical (unpaired) electrons. The van der Waals surface area contributed by atoms with Crippen LogP contribution in [0.3, 0.4) is 0 Å². The Morgan fingerprint density at radius 2 is 2.12 bits per heavy atom. The Hall–Kier alpha value is -2.03. The number of hydrogen-bond acceptors (Lipinski definition) is 6. The van der Waals surface area contributed by atoms with Gasteiger partial charge in [0.2, 0.25) is 0 Å². The minimum atomic E-state index is -0.416. The van der Waals surface area contributed by atoms with Crippen LogP contribution in [0.15, 0.2) is 16.8 Å². The Morgan fingerprint density at radius 1 is 1.31 bits per heavy atom. The third-order valence-electron chi connectivity index (χ3n) is 4.65. The van der Waals surface area contributed by atoms with Crippen molar-refractivity contribution in [3.8, 4) is 22.1 Å². The molecular weight excluding hydrogens is 368 g/mol. The van der Waals surface area contributed by atoms with E-state index in [1.807, 2.05) is 30.7 Å². The van der Waals surface area contributed by atoms with Crippen LogP contribution in [0.5, 0.6) is 0 Å². The molecular formula is C18H20N4O2S2. The second-order valence-corrected chi connectivity index (χ2v) is 8.35. The number of aryl methyl sites for hydroxylation is 1. The minimum absolute atomic E-state index is 0.167. The molecule has 6 nitrogen and oxygen atoms in total. The Morgan fingerprint density at radius 3 is 2.77 bits per heavy atom. The molecule has 2 N–H and O–H groups in total. The van der Waals surface area contributed by atoms with Crippen LogP contribution in [0.25, 0.3) is 22.1 Å². The molecule has 3 aromatic rings. The van der Waals surface area contributed by atoms with E-state index < -0.39 is 5.91 Å². The molecule has 1 aliphatic heterocycles. The summed E-state index contributed by atoms with van der Waals surface area (Å²) in [5.41, 5.74) is 9.61. The number of nitrogens with zero attached hydrogens (tertiary/aromatic N) is 3. The Labute approximate surface area is 159 Å². The zero-order valence-corrected chi connectivity index (χ0v) is 16.3. The zero-order valence-electron chi connectivity index (χ0n) is 14.7. The lowest BCUT2D eigenvalue weighted by Gasteiger charge is -2.15. The summed E-state index contributed by atoms with van der Waals surface area (Å²) in [4.78, 5) is 21.1. The number of nitrogens with two attached hydrogens (primary N) is 1. The van der Waals surface area contributed by atoms with Crippen LogP contribution >= 0.6 is 22.7 Å². The van der Waals surface area contributed by atoms with Crippen molar-refractivity contribution in [2.75, 3.05) is 6.61 Å². The van der Waals surface area contributed by atoms with E-state index in [1.165, 1.54) is 0 Å². The van der Waals surface area contributed by atoms with E-state index in [-0.39, 0.29) is 6.10 Å². The normalized spacial score (nSPS) is 17.1. The molecule has 0 aromatic carbocycles. The van der Waals surface area contributed by atoms with E-state index in [9.17, 15) is 4.79 Å². The molecule has 8 heteroatoms. The Kier molecular flexibility index (Phi) is 4.64. The first kappa shape index (κ1) is 17.4. The highest BCUT2D eigenvalue weighted by molar-refractivity contribution is 7.14. The van der Waals surface area contributed by atoms with Crippen molar-refractivity contribution in [3.63, 3.8) is 0 Å². The molecule has 3 aromatic heterocycles. The second kappa shape index (κ2) is 6.94. The van der Waals surface area contributed by atoms with Gasteiger partial charge in [0.1, 0.15) is 10.7 Å². The van der Waals surface area contributed by atoms with Gasteiger partial charge in [-0.1, -0.05) is 0 Å². The van der Waals surface area contributed by atoms with Gasteiger partial charge in [-0.05, 0) is 32.8 Å². The van der Waals surface area contributed by atoms with Gasteiger partial charge >= 0.3 is 0 Å². The van der Waals surface area contributed by atoms with Gasteiger partial charge in [0.15, 0.2) is 0 Å². The SMILES string of the molecule is Cc1nc(-c2nc(-c3cc(C(N)=O)c(C)n3CC3CCCO3)cs2)cs1. The summed E-state index contributed by atoms with van der Waals surface area (Å²) in [6.07, 6.45) is 2.27. The van der Waals surface area contributed by atoms with E-state index in [0.29, 0.717) is 12.1 Å². The predicted octanol–water partition coefficient (Wildman–Crippen LogP) is 3.63. The van der Waals surface area contributed by atoms with Crippen LogP contribution in [0.2, 0.25) is 0 Å². The number of primary amides is 1. The fraction of sp³-hybridized carbons (Fsp3) is 0.389.